The standard InChI is InChI=1S/C13H9N3OS2/c1-2-16-12(17)11(6-10-4-3-5-18-10)19-13(16)9(7-14)8-15/h3-6H,2H2,1H3/b11-6+. The monoisotopic (exact) mass is 287 g/mol. The summed E-state index contributed by atoms with van der Waals surface area (Å²) in [5.74, 6) is 0. The van der Waals surface area contributed by atoms with Gasteiger partial charge in [0.2, 0.25) is 0 Å². The molecule has 4 nitrogen and oxygen atoms in total. The van der Waals surface area contributed by atoms with E-state index in [9.17, 15) is 4.79 Å². The zero-order valence-corrected chi connectivity index (χ0v) is 11.7. The van der Waals surface area contributed by atoms with E-state index in [1.807, 2.05) is 36.6 Å². The summed E-state index contributed by atoms with van der Waals surface area (Å²) in [4.78, 5) is 13.2. The summed E-state index contributed by atoms with van der Waals surface area (Å²) in [5, 5.41) is 19.8. The van der Waals surface area contributed by atoms with E-state index in [0.717, 1.165) is 4.88 Å². The number of hydrogen-bond donors (Lipinski definition) is 0. The molecule has 94 valence electrons. The summed E-state index contributed by atoms with van der Waals surface area (Å²) in [7, 11) is 0. The third kappa shape index (κ3) is 2.50. The van der Waals surface area contributed by atoms with E-state index >= 15 is 0 Å². The summed E-state index contributed by atoms with van der Waals surface area (Å²) in [6, 6.07) is 7.50. The van der Waals surface area contributed by atoms with Crippen LogP contribution in [0.5, 0.6) is 0 Å². The van der Waals surface area contributed by atoms with Gasteiger partial charge in [0.25, 0.3) is 5.56 Å². The lowest BCUT2D eigenvalue weighted by Crippen LogP contribution is -2.31. The van der Waals surface area contributed by atoms with E-state index in [4.69, 9.17) is 10.5 Å². The number of hydrogen-bond acceptors (Lipinski definition) is 5. The maximum atomic E-state index is 12.2. The van der Waals surface area contributed by atoms with Crippen LogP contribution in [-0.4, -0.2) is 4.57 Å². The molecule has 19 heavy (non-hydrogen) atoms. The Kier molecular flexibility index (Phi) is 3.96. The van der Waals surface area contributed by atoms with Crippen LogP contribution in [-0.2, 0) is 6.54 Å². The van der Waals surface area contributed by atoms with Gasteiger partial charge >= 0.3 is 0 Å². The Morgan fingerprint density at radius 2 is 2.21 bits per heavy atom. The fourth-order valence-electron chi connectivity index (χ4n) is 1.62. The average molecular weight is 287 g/mol. The van der Waals surface area contributed by atoms with Crippen LogP contribution < -0.4 is 14.8 Å². The van der Waals surface area contributed by atoms with Gasteiger partial charge in [-0.05, 0) is 24.4 Å². The van der Waals surface area contributed by atoms with Crippen LogP contribution in [0.1, 0.15) is 11.8 Å². The van der Waals surface area contributed by atoms with Gasteiger partial charge in [-0.3, -0.25) is 9.36 Å². The van der Waals surface area contributed by atoms with Gasteiger partial charge in [0.1, 0.15) is 16.8 Å². The van der Waals surface area contributed by atoms with Crippen LogP contribution in [0.15, 0.2) is 22.3 Å². The van der Waals surface area contributed by atoms with Crippen molar-refractivity contribution in [1.82, 2.24) is 4.57 Å². The molecule has 0 aliphatic rings. The zero-order valence-electron chi connectivity index (χ0n) is 10.1. The van der Waals surface area contributed by atoms with Crippen LogP contribution in [0, 0.1) is 22.7 Å². The lowest BCUT2D eigenvalue weighted by Gasteiger charge is -1.93. The molecule has 6 heteroatoms. The average Bonchev–Trinajstić information content (AvgIpc) is 3.01. The minimum atomic E-state index is -0.154. The minimum absolute atomic E-state index is 0.0187. The van der Waals surface area contributed by atoms with E-state index in [-0.39, 0.29) is 11.1 Å². The van der Waals surface area contributed by atoms with Gasteiger partial charge in [0, 0.05) is 11.4 Å². The molecule has 2 aromatic rings. The smallest absolute Gasteiger partial charge is 0.269 e. The van der Waals surface area contributed by atoms with Crippen molar-refractivity contribution in [3.8, 4) is 12.1 Å². The highest BCUT2D eigenvalue weighted by Crippen LogP contribution is 2.08. The van der Waals surface area contributed by atoms with Gasteiger partial charge in [-0.15, -0.1) is 22.7 Å². The number of aromatic nitrogens is 1. The normalized spacial score (nSPS) is 11.0. The molecule has 0 aliphatic heterocycles. The first-order chi connectivity index (χ1) is 9.21. The molecule has 0 N–H and O–H groups in total. The van der Waals surface area contributed by atoms with Gasteiger partial charge in [0.05, 0.1) is 4.53 Å². The molecule has 0 aliphatic carbocycles. The molecule has 0 bridgehead atoms. The second kappa shape index (κ2) is 5.66. The first-order valence-electron chi connectivity index (χ1n) is 5.50. The molecule has 2 heterocycles. The van der Waals surface area contributed by atoms with Gasteiger partial charge < -0.3 is 0 Å². The second-order valence-electron chi connectivity index (χ2n) is 3.58. The molecule has 0 unspecified atom stereocenters. The summed E-state index contributed by atoms with van der Waals surface area (Å²) < 4.78 is 2.44. The molecular weight excluding hydrogens is 278 g/mol. The Morgan fingerprint density at radius 3 is 2.74 bits per heavy atom. The molecule has 0 saturated heterocycles. The molecule has 0 aromatic carbocycles. The topological polar surface area (TPSA) is 69.6 Å². The van der Waals surface area contributed by atoms with Crippen molar-refractivity contribution in [2.24, 2.45) is 0 Å². The molecule has 0 atom stereocenters. The van der Waals surface area contributed by atoms with Gasteiger partial charge in [-0.2, -0.15) is 10.5 Å². The van der Waals surface area contributed by atoms with Crippen LogP contribution in [0.2, 0.25) is 0 Å². The maximum absolute atomic E-state index is 12.2. The van der Waals surface area contributed by atoms with Crippen molar-refractivity contribution in [2.45, 2.75) is 13.5 Å². The maximum Gasteiger partial charge on any atom is 0.269 e. The zero-order chi connectivity index (χ0) is 13.8. The van der Waals surface area contributed by atoms with Crippen molar-refractivity contribution in [1.29, 1.82) is 10.5 Å². The second-order valence-corrected chi connectivity index (χ2v) is 5.59. The third-order valence-corrected chi connectivity index (χ3v) is 4.43. The first-order valence-corrected chi connectivity index (χ1v) is 7.20. The van der Waals surface area contributed by atoms with Crippen molar-refractivity contribution in [2.75, 3.05) is 0 Å². The summed E-state index contributed by atoms with van der Waals surface area (Å²) in [5.41, 5.74) is -0.173. The van der Waals surface area contributed by atoms with Crippen LogP contribution >= 0.6 is 22.7 Å². The highest BCUT2D eigenvalue weighted by atomic mass is 32.1. The molecular formula is C13H9N3OS2. The number of rotatable bonds is 2. The molecule has 2 aromatic heterocycles. The van der Waals surface area contributed by atoms with E-state index < -0.39 is 0 Å². The highest BCUT2D eigenvalue weighted by molar-refractivity contribution is 7.11. The SMILES string of the molecule is CCn1c(=C(C#N)C#N)s/c(=C/c2cccs2)c1=O. The summed E-state index contributed by atoms with van der Waals surface area (Å²) in [6.45, 7) is 2.26. The van der Waals surface area contributed by atoms with Crippen LogP contribution in [0.4, 0.5) is 0 Å². The fourth-order valence-corrected chi connectivity index (χ4v) is 3.45. The Bertz CT molecular complexity index is 826. The van der Waals surface area contributed by atoms with Gasteiger partial charge in [0.15, 0.2) is 5.57 Å². The molecule has 0 saturated carbocycles. The molecule has 0 fully saturated rings. The largest absolute Gasteiger partial charge is 0.298 e. The predicted octanol–water partition coefficient (Wildman–Crippen LogP) is 1.02. The van der Waals surface area contributed by atoms with Gasteiger partial charge in [-0.1, -0.05) is 6.07 Å². The summed E-state index contributed by atoms with van der Waals surface area (Å²) >= 11 is 2.72. The first kappa shape index (κ1) is 13.3. The van der Waals surface area contributed by atoms with Crippen molar-refractivity contribution in [3.05, 3.63) is 41.9 Å². The molecule has 2 rings (SSSR count). The van der Waals surface area contributed by atoms with Gasteiger partial charge in [-0.25, -0.2) is 0 Å². The molecule has 0 radical (unpaired) electrons. The van der Waals surface area contributed by atoms with E-state index in [1.54, 1.807) is 6.08 Å². The lowest BCUT2D eigenvalue weighted by atomic mass is 10.4. The van der Waals surface area contributed by atoms with E-state index in [1.165, 1.54) is 27.2 Å². The Balaban J connectivity index is 2.84. The lowest BCUT2D eigenvalue weighted by molar-refractivity contribution is 0.722. The number of nitriles is 2. The van der Waals surface area contributed by atoms with E-state index in [2.05, 4.69) is 0 Å². The fraction of sp³-hybridized carbons (Fsp3) is 0.154. The Hall–Kier alpha value is -2.15. The Labute approximate surface area is 117 Å². The van der Waals surface area contributed by atoms with Crippen molar-refractivity contribution in [3.63, 3.8) is 0 Å². The Morgan fingerprint density at radius 1 is 1.47 bits per heavy atom. The number of thiazole rings is 1. The summed E-state index contributed by atoms with van der Waals surface area (Å²) in [6.07, 6.45) is 1.79. The van der Waals surface area contributed by atoms with Crippen LogP contribution in [0.25, 0.3) is 11.6 Å². The predicted molar refractivity (Wildman–Crippen MR) is 76.0 cm³/mol. The van der Waals surface area contributed by atoms with E-state index in [0.29, 0.717) is 15.7 Å². The third-order valence-electron chi connectivity index (χ3n) is 2.48. The number of nitrogens with zero attached hydrogens (tertiary/aromatic N) is 3. The quantitative estimate of drug-likeness (QED) is 0.828. The molecule has 0 spiro atoms. The molecule has 0 amide bonds. The van der Waals surface area contributed by atoms with Crippen molar-refractivity contribution >= 4 is 34.3 Å². The highest BCUT2D eigenvalue weighted by Gasteiger charge is 2.07. The number of thiophene rings is 1. The minimum Gasteiger partial charge on any atom is -0.298 e. The van der Waals surface area contributed by atoms with Crippen molar-refractivity contribution < 1.29 is 0 Å². The van der Waals surface area contributed by atoms with Crippen LogP contribution in [0.3, 0.4) is 0 Å².